The van der Waals surface area contributed by atoms with E-state index in [9.17, 15) is 14.9 Å². The smallest absolute Gasteiger partial charge is 0.339 e. The fourth-order valence-corrected chi connectivity index (χ4v) is 3.05. The van der Waals surface area contributed by atoms with Gasteiger partial charge in [-0.15, -0.1) is 0 Å². The van der Waals surface area contributed by atoms with E-state index in [0.717, 1.165) is 5.56 Å². The number of nitro benzene ring substituents is 1. The predicted molar refractivity (Wildman–Crippen MR) is 109 cm³/mol. The van der Waals surface area contributed by atoms with Crippen molar-refractivity contribution in [1.82, 2.24) is 14.8 Å². The number of nitrogens with zero attached hydrogens (tertiary/aromatic N) is 4. The van der Waals surface area contributed by atoms with Crippen LogP contribution in [0.2, 0.25) is 0 Å². The molecule has 1 atom stereocenters. The molecule has 0 saturated carbocycles. The average molecular weight is 410 g/mol. The standard InChI is InChI=1S/C21H22N4O5/c1-21(2,3)19(14-6-5-7-16(10-14)29-4)30-20(26)15-8-9-17(18(11-15)25(27)28)24-13-22-12-23-24/h5-13,19H,1-4H3/t19-/m0/s1. The van der Waals surface area contributed by atoms with E-state index < -0.39 is 22.4 Å². The van der Waals surface area contributed by atoms with Crippen molar-refractivity contribution in [3.63, 3.8) is 0 Å². The molecule has 0 unspecified atom stereocenters. The second-order valence-electron chi connectivity index (χ2n) is 7.73. The van der Waals surface area contributed by atoms with E-state index in [1.165, 1.54) is 35.5 Å². The third kappa shape index (κ3) is 4.45. The summed E-state index contributed by atoms with van der Waals surface area (Å²) in [7, 11) is 1.56. The van der Waals surface area contributed by atoms with E-state index in [4.69, 9.17) is 9.47 Å². The summed E-state index contributed by atoms with van der Waals surface area (Å²) in [5, 5.41) is 15.5. The van der Waals surface area contributed by atoms with Crippen LogP contribution >= 0.6 is 0 Å². The van der Waals surface area contributed by atoms with Gasteiger partial charge >= 0.3 is 5.97 Å². The average Bonchev–Trinajstić information content (AvgIpc) is 3.25. The Balaban J connectivity index is 1.94. The van der Waals surface area contributed by atoms with E-state index in [2.05, 4.69) is 10.1 Å². The van der Waals surface area contributed by atoms with Gasteiger partial charge in [-0.1, -0.05) is 32.9 Å². The van der Waals surface area contributed by atoms with Gasteiger partial charge in [-0.2, -0.15) is 5.10 Å². The number of aromatic nitrogens is 3. The molecule has 0 bridgehead atoms. The van der Waals surface area contributed by atoms with Crippen molar-refractivity contribution in [1.29, 1.82) is 0 Å². The number of carbonyl (C=O) groups is 1. The van der Waals surface area contributed by atoms with E-state index in [1.807, 2.05) is 32.9 Å². The summed E-state index contributed by atoms with van der Waals surface area (Å²) in [4.78, 5) is 27.7. The van der Waals surface area contributed by atoms with Crippen LogP contribution in [0.25, 0.3) is 5.69 Å². The molecule has 0 aliphatic heterocycles. The number of hydrogen-bond donors (Lipinski definition) is 0. The highest BCUT2D eigenvalue weighted by Gasteiger charge is 2.31. The van der Waals surface area contributed by atoms with Crippen molar-refractivity contribution < 1.29 is 19.2 Å². The van der Waals surface area contributed by atoms with Crippen molar-refractivity contribution in [3.8, 4) is 11.4 Å². The molecule has 0 radical (unpaired) electrons. The normalized spacial score (nSPS) is 12.3. The summed E-state index contributed by atoms with van der Waals surface area (Å²) in [5.74, 6) is -0.0170. The van der Waals surface area contributed by atoms with Crippen LogP contribution in [-0.4, -0.2) is 32.8 Å². The minimum absolute atomic E-state index is 0.0720. The number of esters is 1. The van der Waals surface area contributed by atoms with Crippen molar-refractivity contribution in [2.24, 2.45) is 5.41 Å². The molecular weight excluding hydrogens is 388 g/mol. The lowest BCUT2D eigenvalue weighted by molar-refractivity contribution is -0.384. The molecule has 9 nitrogen and oxygen atoms in total. The first-order valence-electron chi connectivity index (χ1n) is 9.19. The number of carbonyl (C=O) groups excluding carboxylic acids is 1. The topological polar surface area (TPSA) is 109 Å². The molecule has 156 valence electrons. The monoisotopic (exact) mass is 410 g/mol. The fraction of sp³-hybridized carbons (Fsp3) is 0.286. The number of hydrogen-bond acceptors (Lipinski definition) is 7. The molecule has 2 aromatic carbocycles. The zero-order chi connectivity index (χ0) is 21.9. The maximum Gasteiger partial charge on any atom is 0.339 e. The van der Waals surface area contributed by atoms with Crippen LogP contribution in [0.3, 0.4) is 0 Å². The van der Waals surface area contributed by atoms with Crippen LogP contribution in [0.15, 0.2) is 55.1 Å². The Morgan fingerprint density at radius 1 is 1.20 bits per heavy atom. The number of nitro groups is 1. The lowest BCUT2D eigenvalue weighted by atomic mass is 9.84. The first-order valence-corrected chi connectivity index (χ1v) is 9.19. The van der Waals surface area contributed by atoms with Crippen LogP contribution in [0, 0.1) is 15.5 Å². The second-order valence-corrected chi connectivity index (χ2v) is 7.73. The molecule has 1 aromatic heterocycles. The summed E-state index contributed by atoms with van der Waals surface area (Å²) in [5.41, 5.74) is 0.346. The molecule has 0 aliphatic carbocycles. The van der Waals surface area contributed by atoms with Gasteiger partial charge in [0.1, 0.15) is 30.2 Å². The molecule has 9 heteroatoms. The first kappa shape index (κ1) is 21.0. The van der Waals surface area contributed by atoms with Gasteiger partial charge in [0.15, 0.2) is 0 Å². The molecule has 3 aromatic rings. The Hall–Kier alpha value is -3.75. The van der Waals surface area contributed by atoms with Crippen molar-refractivity contribution in [2.75, 3.05) is 7.11 Å². The SMILES string of the molecule is COc1cccc([C@H](OC(=O)c2ccc(-n3cncn3)c([N+](=O)[O-])c2)C(C)(C)C)c1. The van der Waals surface area contributed by atoms with Gasteiger partial charge in [-0.25, -0.2) is 14.5 Å². The molecule has 0 fully saturated rings. The Morgan fingerprint density at radius 3 is 2.57 bits per heavy atom. The van der Waals surface area contributed by atoms with E-state index in [0.29, 0.717) is 5.75 Å². The first-order chi connectivity index (χ1) is 14.2. The summed E-state index contributed by atoms with van der Waals surface area (Å²) in [6, 6.07) is 11.4. The van der Waals surface area contributed by atoms with Gasteiger partial charge in [0.25, 0.3) is 5.69 Å². The van der Waals surface area contributed by atoms with Gasteiger partial charge in [0, 0.05) is 11.5 Å². The summed E-state index contributed by atoms with van der Waals surface area (Å²) < 4.78 is 12.3. The maximum absolute atomic E-state index is 12.9. The summed E-state index contributed by atoms with van der Waals surface area (Å²) >= 11 is 0. The molecule has 3 rings (SSSR count). The summed E-state index contributed by atoms with van der Waals surface area (Å²) in [6.45, 7) is 5.84. The molecule has 1 heterocycles. The Labute approximate surface area is 173 Å². The molecule has 0 amide bonds. The van der Waals surface area contributed by atoms with Gasteiger partial charge < -0.3 is 9.47 Å². The van der Waals surface area contributed by atoms with Gasteiger partial charge in [0.05, 0.1) is 17.6 Å². The van der Waals surface area contributed by atoms with E-state index >= 15 is 0 Å². The Kier molecular flexibility index (Phi) is 5.81. The highest BCUT2D eigenvalue weighted by Crippen LogP contribution is 2.38. The number of benzene rings is 2. The van der Waals surface area contributed by atoms with Gasteiger partial charge in [-0.3, -0.25) is 10.1 Å². The highest BCUT2D eigenvalue weighted by atomic mass is 16.6. The minimum Gasteiger partial charge on any atom is -0.497 e. The van der Waals surface area contributed by atoms with E-state index in [1.54, 1.807) is 19.2 Å². The van der Waals surface area contributed by atoms with Crippen LogP contribution in [-0.2, 0) is 4.74 Å². The third-order valence-electron chi connectivity index (χ3n) is 4.48. The molecular formula is C21H22N4O5. The lowest BCUT2D eigenvalue weighted by Gasteiger charge is -2.31. The Bertz CT molecular complexity index is 1060. The molecule has 30 heavy (non-hydrogen) atoms. The fourth-order valence-electron chi connectivity index (χ4n) is 3.05. The second kappa shape index (κ2) is 8.32. The predicted octanol–water partition coefficient (Wildman–Crippen LogP) is 4.13. The minimum atomic E-state index is -0.661. The van der Waals surface area contributed by atoms with Crippen LogP contribution in [0.4, 0.5) is 5.69 Å². The lowest BCUT2D eigenvalue weighted by Crippen LogP contribution is -2.24. The third-order valence-corrected chi connectivity index (χ3v) is 4.48. The number of methoxy groups -OCH3 is 1. The maximum atomic E-state index is 12.9. The van der Waals surface area contributed by atoms with Crippen LogP contribution in [0.5, 0.6) is 5.75 Å². The van der Waals surface area contributed by atoms with Crippen molar-refractivity contribution >= 4 is 11.7 Å². The molecule has 0 aliphatic rings. The van der Waals surface area contributed by atoms with E-state index in [-0.39, 0.29) is 16.9 Å². The Morgan fingerprint density at radius 2 is 1.97 bits per heavy atom. The van der Waals surface area contributed by atoms with Gasteiger partial charge in [0.2, 0.25) is 0 Å². The summed E-state index contributed by atoms with van der Waals surface area (Å²) in [6.07, 6.45) is 2.03. The van der Waals surface area contributed by atoms with Crippen LogP contribution < -0.4 is 4.74 Å². The number of ether oxygens (including phenoxy) is 2. The zero-order valence-electron chi connectivity index (χ0n) is 17.1. The van der Waals surface area contributed by atoms with Gasteiger partial charge in [-0.05, 0) is 29.8 Å². The van der Waals surface area contributed by atoms with Crippen molar-refractivity contribution in [3.05, 3.63) is 76.4 Å². The molecule has 0 saturated heterocycles. The molecule has 0 spiro atoms. The molecule has 0 N–H and O–H groups in total. The quantitative estimate of drug-likeness (QED) is 0.341. The number of rotatable bonds is 6. The van der Waals surface area contributed by atoms with Crippen molar-refractivity contribution in [2.45, 2.75) is 26.9 Å². The largest absolute Gasteiger partial charge is 0.497 e. The van der Waals surface area contributed by atoms with Crippen LogP contribution in [0.1, 0.15) is 42.8 Å². The highest BCUT2D eigenvalue weighted by molar-refractivity contribution is 5.91. The zero-order valence-corrected chi connectivity index (χ0v) is 17.1.